The average molecular weight is 233 g/mol. The molecule has 3 nitrogen and oxygen atoms in total. The molecule has 0 amide bonds. The minimum atomic E-state index is 0.333. The maximum absolute atomic E-state index is 6.03. The van der Waals surface area contributed by atoms with Gasteiger partial charge in [0.05, 0.1) is 11.4 Å². The van der Waals surface area contributed by atoms with Crippen molar-refractivity contribution >= 4 is 11.4 Å². The molecule has 0 spiro atoms. The number of nitrogens with two attached hydrogens (primary N) is 1. The van der Waals surface area contributed by atoms with Gasteiger partial charge in [-0.2, -0.15) is 0 Å². The summed E-state index contributed by atoms with van der Waals surface area (Å²) in [6.45, 7) is 4.52. The van der Waals surface area contributed by atoms with Crippen molar-refractivity contribution < 1.29 is 0 Å². The molecule has 0 radical (unpaired) electrons. The smallest absolute Gasteiger partial charge is 0.0599 e. The summed E-state index contributed by atoms with van der Waals surface area (Å²) in [4.78, 5) is 4.75. The van der Waals surface area contributed by atoms with Gasteiger partial charge in [0, 0.05) is 18.6 Å². The Kier molecular flexibility index (Phi) is 3.29. The Morgan fingerprint density at radius 3 is 2.29 bits per heavy atom. The highest BCUT2D eigenvalue weighted by Crippen LogP contribution is 2.31. The van der Waals surface area contributed by atoms with Crippen LogP contribution < -0.4 is 10.6 Å². The molecule has 1 aliphatic rings. The van der Waals surface area contributed by atoms with Crippen LogP contribution in [-0.4, -0.2) is 37.6 Å². The number of nitrogen functional groups attached to an aromatic ring is 1. The fourth-order valence-corrected chi connectivity index (χ4v) is 2.45. The minimum Gasteiger partial charge on any atom is -0.397 e. The van der Waals surface area contributed by atoms with Gasteiger partial charge in [-0.15, -0.1) is 0 Å². The van der Waals surface area contributed by atoms with E-state index in [0.29, 0.717) is 5.54 Å². The largest absolute Gasteiger partial charge is 0.397 e. The standard InChI is InChI=1S/C14H23N3/c1-14(16(2)3)8-10-17(11-9-14)13-7-5-4-6-12(13)15/h4-7H,8-11,15H2,1-3H3. The van der Waals surface area contributed by atoms with Gasteiger partial charge in [0.25, 0.3) is 0 Å². The predicted octanol–water partition coefficient (Wildman–Crippen LogP) is 2.19. The van der Waals surface area contributed by atoms with Gasteiger partial charge in [0.1, 0.15) is 0 Å². The van der Waals surface area contributed by atoms with E-state index in [1.807, 2.05) is 12.1 Å². The maximum Gasteiger partial charge on any atom is 0.0599 e. The maximum atomic E-state index is 6.03. The van der Waals surface area contributed by atoms with Crippen LogP contribution in [0, 0.1) is 0 Å². The lowest BCUT2D eigenvalue weighted by Crippen LogP contribution is -2.50. The van der Waals surface area contributed by atoms with E-state index in [9.17, 15) is 0 Å². The highest BCUT2D eigenvalue weighted by Gasteiger charge is 2.32. The van der Waals surface area contributed by atoms with Crippen molar-refractivity contribution in [3.05, 3.63) is 24.3 Å². The lowest BCUT2D eigenvalue weighted by atomic mass is 9.88. The number of rotatable bonds is 2. The molecule has 1 aliphatic heterocycles. The van der Waals surface area contributed by atoms with Gasteiger partial charge >= 0.3 is 0 Å². The van der Waals surface area contributed by atoms with E-state index in [-0.39, 0.29) is 0 Å². The first-order valence-electron chi connectivity index (χ1n) is 6.30. The molecule has 1 saturated heterocycles. The van der Waals surface area contributed by atoms with Crippen LogP contribution in [0.3, 0.4) is 0 Å². The summed E-state index contributed by atoms with van der Waals surface area (Å²) < 4.78 is 0. The summed E-state index contributed by atoms with van der Waals surface area (Å²) in [6.07, 6.45) is 2.38. The minimum absolute atomic E-state index is 0.333. The van der Waals surface area contributed by atoms with Crippen LogP contribution in [-0.2, 0) is 0 Å². The first-order chi connectivity index (χ1) is 8.03. The molecule has 1 aromatic rings. The lowest BCUT2D eigenvalue weighted by Gasteiger charge is -2.44. The van der Waals surface area contributed by atoms with E-state index in [1.54, 1.807) is 0 Å². The first-order valence-corrected chi connectivity index (χ1v) is 6.30. The lowest BCUT2D eigenvalue weighted by molar-refractivity contribution is 0.137. The molecular formula is C14H23N3. The van der Waals surface area contributed by atoms with E-state index in [2.05, 4.69) is 43.0 Å². The zero-order chi connectivity index (χ0) is 12.5. The molecule has 17 heavy (non-hydrogen) atoms. The molecule has 1 heterocycles. The SMILES string of the molecule is CN(C)C1(C)CCN(c2ccccc2N)CC1. The molecular weight excluding hydrogens is 210 g/mol. The Bertz CT molecular complexity index is 379. The molecule has 2 rings (SSSR count). The van der Waals surface area contributed by atoms with E-state index in [0.717, 1.165) is 18.8 Å². The van der Waals surface area contributed by atoms with Crippen molar-refractivity contribution in [1.82, 2.24) is 4.90 Å². The number of hydrogen-bond acceptors (Lipinski definition) is 3. The molecule has 1 fully saturated rings. The van der Waals surface area contributed by atoms with Crippen LogP contribution in [0.25, 0.3) is 0 Å². The van der Waals surface area contributed by atoms with Crippen molar-refractivity contribution in [1.29, 1.82) is 0 Å². The first kappa shape index (κ1) is 12.2. The number of piperidine rings is 1. The van der Waals surface area contributed by atoms with Crippen molar-refractivity contribution in [3.63, 3.8) is 0 Å². The average Bonchev–Trinajstić information content (AvgIpc) is 2.31. The third-order valence-corrected chi connectivity index (χ3v) is 4.20. The molecule has 0 aliphatic carbocycles. The van der Waals surface area contributed by atoms with Gasteiger partial charge in [-0.1, -0.05) is 12.1 Å². The zero-order valence-corrected chi connectivity index (χ0v) is 11.1. The topological polar surface area (TPSA) is 32.5 Å². The Morgan fingerprint density at radius 2 is 1.76 bits per heavy atom. The number of anilines is 2. The van der Waals surface area contributed by atoms with E-state index >= 15 is 0 Å². The number of para-hydroxylation sites is 2. The quantitative estimate of drug-likeness (QED) is 0.795. The van der Waals surface area contributed by atoms with Crippen LogP contribution in [0.2, 0.25) is 0 Å². The van der Waals surface area contributed by atoms with Crippen molar-refractivity contribution in [2.75, 3.05) is 37.8 Å². The molecule has 2 N–H and O–H groups in total. The monoisotopic (exact) mass is 233 g/mol. The fourth-order valence-electron chi connectivity index (χ4n) is 2.45. The van der Waals surface area contributed by atoms with Crippen LogP contribution in [0.4, 0.5) is 11.4 Å². The summed E-state index contributed by atoms with van der Waals surface area (Å²) in [5.41, 5.74) is 8.44. The second kappa shape index (κ2) is 4.57. The van der Waals surface area contributed by atoms with Gasteiger partial charge in [-0.25, -0.2) is 0 Å². The fraction of sp³-hybridized carbons (Fsp3) is 0.571. The third-order valence-electron chi connectivity index (χ3n) is 4.20. The number of hydrogen-bond donors (Lipinski definition) is 1. The van der Waals surface area contributed by atoms with Crippen molar-refractivity contribution in [2.24, 2.45) is 0 Å². The molecule has 3 heteroatoms. The highest BCUT2D eigenvalue weighted by atomic mass is 15.2. The van der Waals surface area contributed by atoms with Gasteiger partial charge in [0.15, 0.2) is 0 Å². The normalized spacial score (nSPS) is 19.6. The summed E-state index contributed by atoms with van der Waals surface area (Å²) in [5.74, 6) is 0. The molecule has 0 atom stereocenters. The van der Waals surface area contributed by atoms with E-state index < -0.39 is 0 Å². The molecule has 0 unspecified atom stereocenters. The van der Waals surface area contributed by atoms with Crippen molar-refractivity contribution in [3.8, 4) is 0 Å². The van der Waals surface area contributed by atoms with E-state index in [4.69, 9.17) is 5.73 Å². The molecule has 1 aromatic carbocycles. The predicted molar refractivity (Wildman–Crippen MR) is 74.4 cm³/mol. The summed E-state index contributed by atoms with van der Waals surface area (Å²) in [6, 6.07) is 8.15. The van der Waals surface area contributed by atoms with Gasteiger partial charge in [-0.3, -0.25) is 0 Å². The van der Waals surface area contributed by atoms with Crippen LogP contribution >= 0.6 is 0 Å². The van der Waals surface area contributed by atoms with Gasteiger partial charge in [-0.05, 0) is 46.0 Å². The van der Waals surface area contributed by atoms with Gasteiger partial charge < -0.3 is 15.5 Å². The van der Waals surface area contributed by atoms with Crippen LogP contribution in [0.1, 0.15) is 19.8 Å². The van der Waals surface area contributed by atoms with E-state index in [1.165, 1.54) is 18.5 Å². The summed E-state index contributed by atoms with van der Waals surface area (Å²) >= 11 is 0. The Balaban J connectivity index is 2.07. The number of benzene rings is 1. The number of nitrogens with zero attached hydrogens (tertiary/aromatic N) is 2. The van der Waals surface area contributed by atoms with Crippen LogP contribution in [0.5, 0.6) is 0 Å². The Labute approximate surface area is 104 Å². The molecule has 0 bridgehead atoms. The van der Waals surface area contributed by atoms with Crippen LogP contribution in [0.15, 0.2) is 24.3 Å². The van der Waals surface area contributed by atoms with Gasteiger partial charge in [0.2, 0.25) is 0 Å². The summed E-state index contributed by atoms with van der Waals surface area (Å²) in [5, 5.41) is 0. The third kappa shape index (κ3) is 2.39. The highest BCUT2D eigenvalue weighted by molar-refractivity contribution is 5.67. The molecule has 0 aromatic heterocycles. The Morgan fingerprint density at radius 1 is 1.18 bits per heavy atom. The molecule has 0 saturated carbocycles. The van der Waals surface area contributed by atoms with Crippen molar-refractivity contribution in [2.45, 2.75) is 25.3 Å². The summed E-state index contributed by atoms with van der Waals surface area (Å²) in [7, 11) is 4.35. The molecule has 94 valence electrons. The zero-order valence-electron chi connectivity index (χ0n) is 11.1. The second-order valence-corrected chi connectivity index (χ2v) is 5.44. The second-order valence-electron chi connectivity index (χ2n) is 5.44. The Hall–Kier alpha value is -1.22.